The van der Waals surface area contributed by atoms with E-state index in [4.69, 9.17) is 14.5 Å². The third-order valence-corrected chi connectivity index (χ3v) is 12.6. The number of hydrogen-bond acceptors (Lipinski definition) is 7. The fourth-order valence-electron chi connectivity index (χ4n) is 9.47. The van der Waals surface area contributed by atoms with Crippen molar-refractivity contribution in [3.05, 3.63) is 77.4 Å². The molecule has 1 saturated heterocycles. The lowest BCUT2D eigenvalue weighted by molar-refractivity contribution is -0.135. The smallest absolute Gasteiger partial charge is 0.407 e. The second-order valence-corrected chi connectivity index (χ2v) is 16.9. The molecule has 3 aliphatic rings. The molecule has 2 fully saturated rings. The number of aromatic nitrogens is 3. The molecule has 2 aliphatic carbocycles. The Hall–Kier alpha value is -5.39. The zero-order valence-corrected chi connectivity index (χ0v) is 34.7. The lowest BCUT2D eigenvalue weighted by Gasteiger charge is -2.33. The molecule has 58 heavy (non-hydrogen) atoms. The fraction of sp³-hybridized carbons (Fsp3) is 0.500. The summed E-state index contributed by atoms with van der Waals surface area (Å²) in [7, 11) is 2.63. The van der Waals surface area contributed by atoms with Crippen molar-refractivity contribution in [1.29, 1.82) is 0 Å². The quantitative estimate of drug-likeness (QED) is 0.112. The molecule has 1 saturated carbocycles. The van der Waals surface area contributed by atoms with Crippen LogP contribution in [0.15, 0.2) is 54.7 Å². The van der Waals surface area contributed by atoms with Crippen LogP contribution in [0.5, 0.6) is 0 Å². The number of Topliss-reactive ketones (excluding diaryl/α,β-unsaturated/α-hetero) is 1. The van der Waals surface area contributed by atoms with Gasteiger partial charge < -0.3 is 35.0 Å². The Labute approximate surface area is 341 Å². The number of imidazole rings is 1. The number of nitrogens with one attached hydrogen (secondary N) is 4. The predicted molar refractivity (Wildman–Crippen MR) is 223 cm³/mol. The Kier molecular flexibility index (Phi) is 12.4. The molecule has 2 aromatic heterocycles. The van der Waals surface area contributed by atoms with Crippen LogP contribution in [0.4, 0.5) is 9.59 Å². The van der Waals surface area contributed by atoms with Crippen LogP contribution in [0.25, 0.3) is 33.6 Å². The monoisotopic (exact) mass is 790 g/mol. The molecule has 12 heteroatoms. The van der Waals surface area contributed by atoms with Crippen LogP contribution >= 0.6 is 0 Å². The number of ether oxygens (including phenoxy) is 2. The number of likely N-dealkylation sites (tertiary alicyclic amines) is 1. The van der Waals surface area contributed by atoms with E-state index >= 15 is 0 Å². The normalized spacial score (nSPS) is 20.1. The van der Waals surface area contributed by atoms with Crippen molar-refractivity contribution < 1.29 is 28.7 Å². The Morgan fingerprint density at radius 2 is 1.29 bits per heavy atom. The highest BCUT2D eigenvalue weighted by atomic mass is 16.5. The standard InChI is InChI=1S/C46H58N6O6/c1-26(2)38(50-45(55)57-5)42(53)34-11-7-8-12-35(34)43-47-25-36(48-43)30-20-16-28(17-21-30)29-18-22-31(23-19-29)40-32-13-9-14-33(32)41(49-40)37-15-10-24-52(37)44(54)39(27(3)4)51-46(56)58-6/h16-23,25-27,34-35,37-39,49H,7-15,24H2,1-6H3,(H,47,48)(H,50,55)(H,51,56)/t34-,35+,37-,38?,39-/m0/s1. The summed E-state index contributed by atoms with van der Waals surface area (Å²) < 4.78 is 9.64. The van der Waals surface area contributed by atoms with Crippen molar-refractivity contribution in [2.45, 2.75) is 110 Å². The average molecular weight is 791 g/mol. The Morgan fingerprint density at radius 1 is 0.707 bits per heavy atom. The minimum atomic E-state index is -0.650. The molecule has 3 heterocycles. The van der Waals surface area contributed by atoms with E-state index < -0.39 is 24.3 Å². The summed E-state index contributed by atoms with van der Waals surface area (Å²) in [5.41, 5.74) is 10.2. The van der Waals surface area contributed by atoms with Crippen molar-refractivity contribution in [3.63, 3.8) is 0 Å². The zero-order valence-electron chi connectivity index (χ0n) is 34.7. The topological polar surface area (TPSA) is 159 Å². The van der Waals surface area contributed by atoms with Crippen molar-refractivity contribution in [1.82, 2.24) is 30.5 Å². The van der Waals surface area contributed by atoms with E-state index in [1.807, 2.05) is 38.8 Å². The molecule has 2 aromatic carbocycles. The number of carbonyl (C=O) groups excluding carboxylic acids is 4. The number of H-pyrrole nitrogens is 2. The number of hydrogen-bond donors (Lipinski definition) is 4. The number of fused-ring (bicyclic) bond motifs is 1. The summed E-state index contributed by atoms with van der Waals surface area (Å²) in [4.78, 5) is 65.9. The molecule has 308 valence electrons. The van der Waals surface area contributed by atoms with Gasteiger partial charge in [0, 0.05) is 29.8 Å². The number of benzene rings is 2. The third kappa shape index (κ3) is 8.29. The number of aromatic amines is 2. The number of methoxy groups -OCH3 is 2. The van der Waals surface area contributed by atoms with Gasteiger partial charge in [0.25, 0.3) is 0 Å². The van der Waals surface area contributed by atoms with Gasteiger partial charge in [-0.2, -0.15) is 0 Å². The first kappa shape index (κ1) is 40.8. The van der Waals surface area contributed by atoms with Gasteiger partial charge in [-0.05, 0) is 90.2 Å². The summed E-state index contributed by atoms with van der Waals surface area (Å²) in [5, 5.41) is 5.53. The maximum Gasteiger partial charge on any atom is 0.407 e. The first-order chi connectivity index (χ1) is 28.0. The van der Waals surface area contributed by atoms with Gasteiger partial charge in [0.15, 0.2) is 5.78 Å². The minimum Gasteiger partial charge on any atom is -0.453 e. The van der Waals surface area contributed by atoms with Gasteiger partial charge in [0.2, 0.25) is 5.91 Å². The van der Waals surface area contributed by atoms with Crippen LogP contribution in [0.1, 0.15) is 107 Å². The third-order valence-electron chi connectivity index (χ3n) is 12.6. The number of ketones is 1. The number of rotatable bonds is 12. The minimum absolute atomic E-state index is 0.0399. The van der Waals surface area contributed by atoms with E-state index in [-0.39, 0.29) is 41.4 Å². The number of nitrogens with zero attached hydrogens (tertiary/aromatic N) is 2. The van der Waals surface area contributed by atoms with Crippen LogP contribution in [-0.4, -0.2) is 76.6 Å². The second kappa shape index (κ2) is 17.6. The van der Waals surface area contributed by atoms with Crippen LogP contribution in [0, 0.1) is 17.8 Å². The molecule has 1 aliphatic heterocycles. The van der Waals surface area contributed by atoms with Gasteiger partial charge in [-0.15, -0.1) is 0 Å². The Morgan fingerprint density at radius 3 is 1.93 bits per heavy atom. The maximum absolute atomic E-state index is 13.9. The zero-order chi connectivity index (χ0) is 41.1. The van der Waals surface area contributed by atoms with Crippen LogP contribution in [0.3, 0.4) is 0 Å². The molecule has 0 bridgehead atoms. The molecule has 4 aromatic rings. The van der Waals surface area contributed by atoms with Crippen LogP contribution in [-0.2, 0) is 31.9 Å². The highest BCUT2D eigenvalue weighted by Gasteiger charge is 2.40. The van der Waals surface area contributed by atoms with E-state index in [1.165, 1.54) is 25.3 Å². The number of carbonyl (C=O) groups is 4. The summed E-state index contributed by atoms with van der Waals surface area (Å²) in [6.07, 6.45) is 9.17. The van der Waals surface area contributed by atoms with Gasteiger partial charge in [0.05, 0.1) is 38.2 Å². The molecular weight excluding hydrogens is 733 g/mol. The molecular formula is C46H58N6O6. The summed E-state index contributed by atoms with van der Waals surface area (Å²) >= 11 is 0. The van der Waals surface area contributed by atoms with E-state index in [0.717, 1.165) is 103 Å². The second-order valence-electron chi connectivity index (χ2n) is 16.9. The number of amides is 3. The van der Waals surface area contributed by atoms with Gasteiger partial charge in [-0.3, -0.25) is 9.59 Å². The van der Waals surface area contributed by atoms with Crippen LogP contribution < -0.4 is 10.6 Å². The summed E-state index contributed by atoms with van der Waals surface area (Å²) in [5.74, 6) is 0.372. The van der Waals surface area contributed by atoms with Crippen molar-refractivity contribution >= 4 is 23.9 Å². The van der Waals surface area contributed by atoms with Gasteiger partial charge in [0.1, 0.15) is 11.9 Å². The van der Waals surface area contributed by atoms with Crippen molar-refractivity contribution in [2.24, 2.45) is 17.8 Å². The fourth-order valence-corrected chi connectivity index (χ4v) is 9.47. The summed E-state index contributed by atoms with van der Waals surface area (Å²) in [6.45, 7) is 8.43. The van der Waals surface area contributed by atoms with Crippen molar-refractivity contribution in [3.8, 4) is 33.6 Å². The summed E-state index contributed by atoms with van der Waals surface area (Å²) in [6, 6.07) is 15.8. The molecule has 7 rings (SSSR count). The first-order valence-corrected chi connectivity index (χ1v) is 21.0. The Bertz CT molecular complexity index is 2100. The van der Waals surface area contributed by atoms with Gasteiger partial charge in [-0.25, -0.2) is 14.6 Å². The highest BCUT2D eigenvalue weighted by Crippen LogP contribution is 2.43. The van der Waals surface area contributed by atoms with Crippen LogP contribution in [0.2, 0.25) is 0 Å². The first-order valence-electron chi connectivity index (χ1n) is 21.0. The molecule has 12 nitrogen and oxygen atoms in total. The van der Waals surface area contributed by atoms with E-state index in [0.29, 0.717) is 6.54 Å². The average Bonchev–Trinajstić information content (AvgIpc) is 4.07. The van der Waals surface area contributed by atoms with Crippen molar-refractivity contribution in [2.75, 3.05) is 20.8 Å². The molecule has 0 spiro atoms. The molecule has 5 atom stereocenters. The SMILES string of the molecule is COC(=O)NC(C(=O)[C@H]1CCCC[C@H]1c1ncc(-c2ccc(-c3ccc(-c4[nH]c([C@@H]5CCCN5C(=O)[C@@H](NC(=O)OC)C(C)C)c5c4CCC5)cc3)cc2)[nH]1)C(C)C. The molecule has 1 unspecified atom stereocenters. The molecule has 0 radical (unpaired) electrons. The molecule has 4 N–H and O–H groups in total. The number of alkyl carbamates (subject to hydrolysis) is 2. The van der Waals surface area contributed by atoms with E-state index in [2.05, 4.69) is 69.1 Å². The molecule has 3 amide bonds. The predicted octanol–water partition coefficient (Wildman–Crippen LogP) is 8.50. The lowest BCUT2D eigenvalue weighted by atomic mass is 9.73. The van der Waals surface area contributed by atoms with Gasteiger partial charge in [-0.1, -0.05) is 89.1 Å². The van der Waals surface area contributed by atoms with E-state index in [9.17, 15) is 19.2 Å². The Balaban J connectivity index is 1.06. The van der Waals surface area contributed by atoms with Gasteiger partial charge >= 0.3 is 12.2 Å². The highest BCUT2D eigenvalue weighted by molar-refractivity contribution is 5.90. The van der Waals surface area contributed by atoms with E-state index in [1.54, 1.807) is 0 Å². The largest absolute Gasteiger partial charge is 0.453 e. The lowest BCUT2D eigenvalue weighted by Crippen LogP contribution is -2.51. The maximum atomic E-state index is 13.9.